The summed E-state index contributed by atoms with van der Waals surface area (Å²) in [5.74, 6) is -1.50. The van der Waals surface area contributed by atoms with Crippen molar-refractivity contribution < 1.29 is 14.7 Å². The minimum Gasteiger partial charge on any atom is -0.507 e. The first-order valence-electron chi connectivity index (χ1n) is 12.4. The number of hydrogen-bond donors (Lipinski definition) is 3. The Balaban J connectivity index is 1.88. The number of aromatic nitrogens is 2. The highest BCUT2D eigenvalue weighted by Crippen LogP contribution is 2.44. The molecule has 2 aromatic heterocycles. The van der Waals surface area contributed by atoms with Gasteiger partial charge < -0.3 is 15.1 Å². The summed E-state index contributed by atoms with van der Waals surface area (Å²) in [6.45, 7) is 11.9. The summed E-state index contributed by atoms with van der Waals surface area (Å²) < 4.78 is 0. The van der Waals surface area contributed by atoms with Gasteiger partial charge in [-0.15, -0.1) is 6.58 Å². The van der Waals surface area contributed by atoms with Crippen LogP contribution in [0, 0.1) is 0 Å². The van der Waals surface area contributed by atoms with Crippen LogP contribution in [0.2, 0.25) is 0 Å². The molecule has 3 N–H and O–H groups in total. The van der Waals surface area contributed by atoms with E-state index >= 15 is 0 Å². The number of ketones is 2. The van der Waals surface area contributed by atoms with Gasteiger partial charge in [-0.2, -0.15) is 0 Å². The van der Waals surface area contributed by atoms with Crippen LogP contribution in [0.15, 0.2) is 90.4 Å². The number of rotatable bonds is 6. The van der Waals surface area contributed by atoms with Gasteiger partial charge in [-0.25, -0.2) is 0 Å². The predicted octanol–water partition coefficient (Wildman–Crippen LogP) is 7.34. The van der Waals surface area contributed by atoms with Crippen LogP contribution < -0.4 is 0 Å². The Hall–Kier alpha value is -4.38. The van der Waals surface area contributed by atoms with Crippen molar-refractivity contribution >= 4 is 44.5 Å². The van der Waals surface area contributed by atoms with Gasteiger partial charge in [0.15, 0.2) is 0 Å². The number of para-hydroxylation sites is 2. The molecule has 37 heavy (non-hydrogen) atoms. The van der Waals surface area contributed by atoms with E-state index < -0.39 is 17.0 Å². The molecule has 0 saturated carbocycles. The fraction of sp³-hybridized carbons (Fsp3) is 0.188. The molecule has 0 unspecified atom stereocenters. The fourth-order valence-electron chi connectivity index (χ4n) is 5.03. The third-order valence-corrected chi connectivity index (χ3v) is 7.17. The minimum atomic E-state index is -0.718. The Kier molecular flexibility index (Phi) is 5.87. The van der Waals surface area contributed by atoms with Gasteiger partial charge in [0, 0.05) is 61.4 Å². The monoisotopic (exact) mass is 490 g/mol. The maximum absolute atomic E-state index is 13.9. The third kappa shape index (κ3) is 3.87. The van der Waals surface area contributed by atoms with Crippen LogP contribution >= 0.6 is 0 Å². The molecule has 5 heteroatoms. The van der Waals surface area contributed by atoms with Gasteiger partial charge in [-0.05, 0) is 32.4 Å². The van der Waals surface area contributed by atoms with Crippen molar-refractivity contribution in [2.75, 3.05) is 0 Å². The summed E-state index contributed by atoms with van der Waals surface area (Å²) >= 11 is 0. The van der Waals surface area contributed by atoms with E-state index in [-0.39, 0.29) is 16.9 Å². The Morgan fingerprint density at radius 1 is 0.946 bits per heavy atom. The maximum atomic E-state index is 13.9. The zero-order chi connectivity index (χ0) is 26.5. The summed E-state index contributed by atoms with van der Waals surface area (Å²) in [6, 6.07) is 15.2. The molecule has 0 aliphatic heterocycles. The van der Waals surface area contributed by atoms with Gasteiger partial charge in [0.05, 0.1) is 5.57 Å². The molecule has 0 bridgehead atoms. The molecule has 0 radical (unpaired) electrons. The van der Waals surface area contributed by atoms with E-state index in [4.69, 9.17) is 0 Å². The zero-order valence-electron chi connectivity index (χ0n) is 21.5. The largest absolute Gasteiger partial charge is 0.507 e. The van der Waals surface area contributed by atoms with Gasteiger partial charge in [0.1, 0.15) is 5.76 Å². The smallest absolute Gasteiger partial charge is 0.237 e. The van der Waals surface area contributed by atoms with Crippen LogP contribution in [-0.2, 0) is 15.0 Å². The number of H-pyrrole nitrogens is 2. The molecule has 0 atom stereocenters. The number of fused-ring (bicyclic) bond motifs is 2. The summed E-state index contributed by atoms with van der Waals surface area (Å²) in [5, 5.41) is 13.4. The summed E-state index contributed by atoms with van der Waals surface area (Å²) in [7, 11) is 0. The van der Waals surface area contributed by atoms with Gasteiger partial charge in [0.25, 0.3) is 0 Å². The number of benzene rings is 2. The zero-order valence-corrected chi connectivity index (χ0v) is 21.5. The van der Waals surface area contributed by atoms with Crippen LogP contribution in [0.3, 0.4) is 0 Å². The third-order valence-electron chi connectivity index (χ3n) is 7.17. The second-order valence-corrected chi connectivity index (χ2v) is 10.3. The van der Waals surface area contributed by atoms with Crippen molar-refractivity contribution in [3.8, 4) is 0 Å². The molecule has 2 aromatic carbocycles. The van der Waals surface area contributed by atoms with Crippen LogP contribution in [-0.4, -0.2) is 26.6 Å². The molecule has 5 nitrogen and oxygen atoms in total. The molecule has 0 saturated heterocycles. The van der Waals surface area contributed by atoms with E-state index in [1.807, 2.05) is 82.3 Å². The number of carbonyl (C=O) groups excluding carboxylic acids is 2. The second kappa shape index (κ2) is 8.93. The highest BCUT2D eigenvalue weighted by atomic mass is 16.3. The predicted molar refractivity (Wildman–Crippen MR) is 150 cm³/mol. The number of Topliss-reactive ketones (excluding diaryl/α,β-unsaturated/α-hetero) is 2. The molecule has 4 aromatic rings. The van der Waals surface area contributed by atoms with Crippen molar-refractivity contribution in [3.05, 3.63) is 107 Å². The lowest BCUT2D eigenvalue weighted by atomic mass is 9.77. The lowest BCUT2D eigenvalue weighted by Gasteiger charge is -2.25. The average Bonchev–Trinajstić information content (AvgIpc) is 3.48. The average molecular weight is 491 g/mol. The summed E-state index contributed by atoms with van der Waals surface area (Å²) in [5.41, 5.74) is 4.77. The number of hydrogen-bond acceptors (Lipinski definition) is 3. The summed E-state index contributed by atoms with van der Waals surface area (Å²) in [4.78, 5) is 34.4. The highest BCUT2D eigenvalue weighted by molar-refractivity contribution is 6.67. The topological polar surface area (TPSA) is 85.9 Å². The number of aromatic amines is 2. The minimum absolute atomic E-state index is 0.0353. The first-order valence-corrected chi connectivity index (χ1v) is 12.4. The molecule has 0 spiro atoms. The van der Waals surface area contributed by atoms with E-state index in [2.05, 4.69) is 16.5 Å². The van der Waals surface area contributed by atoms with Gasteiger partial charge >= 0.3 is 0 Å². The number of allylic oxidation sites excluding steroid dienone is 6. The Bertz CT molecular complexity index is 1700. The lowest BCUT2D eigenvalue weighted by Crippen LogP contribution is -2.26. The molecule has 0 amide bonds. The molecule has 1 aliphatic rings. The fourth-order valence-corrected chi connectivity index (χ4v) is 5.03. The van der Waals surface area contributed by atoms with Crippen LogP contribution in [0.1, 0.15) is 50.9 Å². The van der Waals surface area contributed by atoms with E-state index in [1.54, 1.807) is 12.3 Å². The number of carbonyl (C=O) groups is 2. The van der Waals surface area contributed by atoms with Gasteiger partial charge in [-0.3, -0.25) is 9.59 Å². The molecule has 186 valence electrons. The molecule has 2 heterocycles. The van der Waals surface area contributed by atoms with Crippen molar-refractivity contribution in [2.45, 2.75) is 39.5 Å². The van der Waals surface area contributed by atoms with E-state index in [1.165, 1.54) is 0 Å². The van der Waals surface area contributed by atoms with Crippen LogP contribution in [0.5, 0.6) is 0 Å². The first kappa shape index (κ1) is 24.3. The quantitative estimate of drug-likeness (QED) is 0.150. The van der Waals surface area contributed by atoms with Crippen molar-refractivity contribution in [1.29, 1.82) is 0 Å². The van der Waals surface area contributed by atoms with Gasteiger partial charge in [-0.1, -0.05) is 68.0 Å². The normalized spacial score (nSPS) is 14.7. The second-order valence-electron chi connectivity index (χ2n) is 10.3. The van der Waals surface area contributed by atoms with E-state index in [9.17, 15) is 14.7 Å². The number of nitrogens with one attached hydrogen (secondary N) is 2. The lowest BCUT2D eigenvalue weighted by molar-refractivity contribution is -0.130. The van der Waals surface area contributed by atoms with E-state index in [0.717, 1.165) is 33.1 Å². The molecule has 1 aliphatic carbocycles. The first-order chi connectivity index (χ1) is 17.7. The Morgan fingerprint density at radius 3 is 2.24 bits per heavy atom. The Labute approximate surface area is 215 Å². The Morgan fingerprint density at radius 2 is 1.57 bits per heavy atom. The number of aliphatic hydroxyl groups excluding tert-OH is 1. The number of aliphatic hydroxyl groups is 1. The van der Waals surface area contributed by atoms with Crippen molar-refractivity contribution in [2.24, 2.45) is 0 Å². The van der Waals surface area contributed by atoms with Crippen LogP contribution in [0.25, 0.3) is 33.0 Å². The van der Waals surface area contributed by atoms with Gasteiger partial charge in [0.2, 0.25) is 11.6 Å². The summed E-state index contributed by atoms with van der Waals surface area (Å²) in [6.07, 6.45) is 5.81. The SMILES string of the molecule is C=CC(C)(C)c1[nH]c2ccccc2c1C1=C(O)C(CC=C(C)C)=C(c2c[nH]c3ccccc23)C(=O)C1=O. The highest BCUT2D eigenvalue weighted by Gasteiger charge is 2.40. The standard InChI is InChI=1S/C32H30N2O3/c1-6-32(4,5)31-26(20-12-8-10-14-24(20)34-31)27-28(35)21(16-15-18(2)3)25(29(36)30(27)37)22-17-33-23-13-9-7-11-19(22)23/h6-15,17,33-35H,1,16H2,2-5H3. The van der Waals surface area contributed by atoms with Crippen LogP contribution in [0.4, 0.5) is 0 Å². The molecular weight excluding hydrogens is 460 g/mol. The van der Waals surface area contributed by atoms with E-state index in [0.29, 0.717) is 23.1 Å². The van der Waals surface area contributed by atoms with Crippen molar-refractivity contribution in [3.63, 3.8) is 0 Å². The molecule has 5 rings (SSSR count). The molecular formula is C32H30N2O3. The maximum Gasteiger partial charge on any atom is 0.237 e. The van der Waals surface area contributed by atoms with Crippen molar-refractivity contribution in [1.82, 2.24) is 9.97 Å². The molecule has 0 fully saturated rings.